The highest BCUT2D eigenvalue weighted by molar-refractivity contribution is 8.01. The third-order valence-corrected chi connectivity index (χ3v) is 6.04. The van der Waals surface area contributed by atoms with Crippen LogP contribution in [0.25, 0.3) is 0 Å². The second-order valence-electron chi connectivity index (χ2n) is 6.22. The summed E-state index contributed by atoms with van der Waals surface area (Å²) in [6.07, 6.45) is 2.13. The molecule has 2 aliphatic heterocycles. The number of thioether (sulfide) groups is 1. The normalized spacial score (nSPS) is 19.0. The average molecular weight is 373 g/mol. The minimum atomic E-state index is -0.421. The minimum Gasteiger partial charge on any atom is -0.324 e. The molecule has 1 N–H and O–H groups in total. The number of rotatable bonds is 2. The van der Waals surface area contributed by atoms with Crippen molar-refractivity contribution in [2.45, 2.75) is 29.4 Å². The van der Waals surface area contributed by atoms with Gasteiger partial charge in [-0.1, -0.05) is 29.8 Å². The van der Waals surface area contributed by atoms with Gasteiger partial charge in [0.25, 0.3) is 0 Å². The number of nitrogens with one attached hydrogen (secondary N) is 1. The number of para-hydroxylation sites is 1. The van der Waals surface area contributed by atoms with Gasteiger partial charge < -0.3 is 10.2 Å². The molecular weight excluding hydrogens is 356 g/mol. The smallest absolute Gasteiger partial charge is 0.238 e. The number of nitrogens with zero attached hydrogens (tertiary/aromatic N) is 1. The number of carbonyl (C=O) groups excluding carboxylic acids is 2. The lowest BCUT2D eigenvalue weighted by Crippen LogP contribution is -2.40. The van der Waals surface area contributed by atoms with Crippen molar-refractivity contribution in [3.05, 3.63) is 53.1 Å². The quantitative estimate of drug-likeness (QED) is 0.862. The number of benzene rings is 2. The first-order valence-corrected chi connectivity index (χ1v) is 9.53. The maximum absolute atomic E-state index is 12.9. The predicted molar refractivity (Wildman–Crippen MR) is 101 cm³/mol. The van der Waals surface area contributed by atoms with Gasteiger partial charge in [0.05, 0.1) is 10.9 Å². The third kappa shape index (κ3) is 3.26. The number of fused-ring (bicyclic) bond motifs is 2. The van der Waals surface area contributed by atoms with E-state index >= 15 is 0 Å². The van der Waals surface area contributed by atoms with Crippen LogP contribution >= 0.6 is 23.4 Å². The van der Waals surface area contributed by atoms with E-state index in [0.29, 0.717) is 11.6 Å². The van der Waals surface area contributed by atoms with Crippen LogP contribution < -0.4 is 10.2 Å². The van der Waals surface area contributed by atoms with Crippen molar-refractivity contribution in [3.8, 4) is 0 Å². The van der Waals surface area contributed by atoms with E-state index in [-0.39, 0.29) is 18.2 Å². The first-order chi connectivity index (χ1) is 12.1. The third-order valence-electron chi connectivity index (χ3n) is 4.53. The number of anilines is 2. The molecule has 2 aliphatic rings. The Balaban J connectivity index is 1.52. The van der Waals surface area contributed by atoms with Crippen LogP contribution in [0.1, 0.15) is 18.4 Å². The van der Waals surface area contributed by atoms with Crippen LogP contribution in [0.2, 0.25) is 5.02 Å². The maximum atomic E-state index is 12.9. The fourth-order valence-electron chi connectivity index (χ4n) is 3.32. The van der Waals surface area contributed by atoms with Gasteiger partial charge >= 0.3 is 0 Å². The Morgan fingerprint density at radius 3 is 3.00 bits per heavy atom. The number of aryl methyl sites for hydroxylation is 1. The molecule has 0 saturated heterocycles. The van der Waals surface area contributed by atoms with Crippen molar-refractivity contribution >= 4 is 46.6 Å². The Morgan fingerprint density at radius 2 is 2.12 bits per heavy atom. The van der Waals surface area contributed by atoms with E-state index in [1.54, 1.807) is 12.1 Å². The first-order valence-electron chi connectivity index (χ1n) is 8.27. The van der Waals surface area contributed by atoms with Crippen molar-refractivity contribution < 1.29 is 9.59 Å². The van der Waals surface area contributed by atoms with Gasteiger partial charge in [-0.25, -0.2) is 0 Å². The van der Waals surface area contributed by atoms with Gasteiger partial charge in [-0.05, 0) is 42.7 Å². The first kappa shape index (κ1) is 16.5. The summed E-state index contributed by atoms with van der Waals surface area (Å²) in [5, 5.41) is 3.02. The largest absolute Gasteiger partial charge is 0.324 e. The highest BCUT2D eigenvalue weighted by Gasteiger charge is 2.32. The van der Waals surface area contributed by atoms with Gasteiger partial charge in [0.1, 0.15) is 0 Å². The molecule has 4 nitrogen and oxygen atoms in total. The van der Waals surface area contributed by atoms with E-state index in [0.717, 1.165) is 29.1 Å². The number of halogens is 1. The molecule has 1 atom stereocenters. The zero-order valence-corrected chi connectivity index (χ0v) is 15.1. The molecule has 0 fully saturated rings. The van der Waals surface area contributed by atoms with Gasteiger partial charge in [-0.3, -0.25) is 9.59 Å². The molecule has 128 valence electrons. The fraction of sp³-hybridized carbons (Fsp3) is 0.263. The number of hydrogen-bond donors (Lipinski definition) is 1. The average Bonchev–Trinajstić information content (AvgIpc) is 2.62. The van der Waals surface area contributed by atoms with Crippen LogP contribution in [-0.2, 0) is 16.0 Å². The SMILES string of the molecule is O=C1Nc2cc(Cl)ccc2SC1CC(=O)N1CCCc2ccccc21. The van der Waals surface area contributed by atoms with E-state index in [2.05, 4.69) is 11.4 Å². The van der Waals surface area contributed by atoms with Crippen LogP contribution in [0.5, 0.6) is 0 Å². The molecule has 0 bridgehead atoms. The molecule has 2 aromatic carbocycles. The zero-order valence-electron chi connectivity index (χ0n) is 13.5. The molecule has 25 heavy (non-hydrogen) atoms. The van der Waals surface area contributed by atoms with Gasteiger partial charge in [-0.15, -0.1) is 11.8 Å². The lowest BCUT2D eigenvalue weighted by molar-refractivity contribution is -0.122. The Morgan fingerprint density at radius 1 is 1.28 bits per heavy atom. The maximum Gasteiger partial charge on any atom is 0.238 e. The summed E-state index contributed by atoms with van der Waals surface area (Å²) in [5.74, 6) is -0.143. The van der Waals surface area contributed by atoms with E-state index in [1.807, 2.05) is 29.2 Å². The van der Waals surface area contributed by atoms with Crippen molar-refractivity contribution in [2.24, 2.45) is 0 Å². The van der Waals surface area contributed by atoms with Crippen molar-refractivity contribution in [1.82, 2.24) is 0 Å². The number of hydrogen-bond acceptors (Lipinski definition) is 3. The van der Waals surface area contributed by atoms with Gasteiger partial charge in [0.2, 0.25) is 11.8 Å². The fourth-order valence-corrected chi connectivity index (χ4v) is 4.57. The molecule has 2 heterocycles. The summed E-state index contributed by atoms with van der Waals surface area (Å²) >= 11 is 7.40. The summed E-state index contributed by atoms with van der Waals surface area (Å²) < 4.78 is 0. The highest BCUT2D eigenvalue weighted by Crippen LogP contribution is 2.39. The molecule has 1 unspecified atom stereocenters. The summed E-state index contributed by atoms with van der Waals surface area (Å²) in [5.41, 5.74) is 2.89. The molecule has 2 amide bonds. The van der Waals surface area contributed by atoms with Gasteiger partial charge in [-0.2, -0.15) is 0 Å². The van der Waals surface area contributed by atoms with Crippen molar-refractivity contribution in [2.75, 3.05) is 16.8 Å². The summed E-state index contributed by atoms with van der Waals surface area (Å²) in [7, 11) is 0. The molecule has 0 aromatic heterocycles. The lowest BCUT2D eigenvalue weighted by atomic mass is 10.0. The van der Waals surface area contributed by atoms with Crippen molar-refractivity contribution in [1.29, 1.82) is 0 Å². The lowest BCUT2D eigenvalue weighted by Gasteiger charge is -2.31. The summed E-state index contributed by atoms with van der Waals surface area (Å²) in [6.45, 7) is 0.709. The summed E-state index contributed by atoms with van der Waals surface area (Å²) in [6, 6.07) is 13.4. The van der Waals surface area contributed by atoms with Crippen LogP contribution in [0.3, 0.4) is 0 Å². The second kappa shape index (κ2) is 6.73. The minimum absolute atomic E-state index is 0.00258. The highest BCUT2D eigenvalue weighted by atomic mass is 35.5. The number of carbonyl (C=O) groups is 2. The van der Waals surface area contributed by atoms with Crippen LogP contribution in [0, 0.1) is 0 Å². The van der Waals surface area contributed by atoms with Crippen LogP contribution in [0.4, 0.5) is 11.4 Å². The molecular formula is C19H17ClN2O2S. The zero-order chi connectivity index (χ0) is 17.4. The Kier molecular flexibility index (Phi) is 4.44. The topological polar surface area (TPSA) is 49.4 Å². The standard InChI is InChI=1S/C19H17ClN2O2S/c20-13-7-8-16-14(10-13)21-19(24)17(25-16)11-18(23)22-9-3-5-12-4-1-2-6-15(12)22/h1-2,4,6-8,10,17H,3,5,9,11H2,(H,21,24). The second-order valence-corrected chi connectivity index (χ2v) is 7.90. The Hall–Kier alpha value is -1.98. The Labute approximate surface area is 155 Å². The molecule has 0 radical (unpaired) electrons. The van der Waals surface area contributed by atoms with Gasteiger partial charge in [0.15, 0.2) is 0 Å². The molecule has 6 heteroatoms. The summed E-state index contributed by atoms with van der Waals surface area (Å²) in [4.78, 5) is 28.0. The Bertz CT molecular complexity index is 855. The van der Waals surface area contributed by atoms with E-state index in [1.165, 1.54) is 17.3 Å². The molecule has 0 saturated carbocycles. The van der Waals surface area contributed by atoms with Crippen LogP contribution in [0.15, 0.2) is 47.4 Å². The number of amides is 2. The predicted octanol–water partition coefficient (Wildman–Crippen LogP) is 4.12. The van der Waals surface area contributed by atoms with E-state index < -0.39 is 5.25 Å². The monoisotopic (exact) mass is 372 g/mol. The molecule has 2 aromatic rings. The molecule has 0 spiro atoms. The van der Waals surface area contributed by atoms with E-state index in [9.17, 15) is 9.59 Å². The van der Waals surface area contributed by atoms with Crippen molar-refractivity contribution in [3.63, 3.8) is 0 Å². The van der Waals surface area contributed by atoms with Gasteiger partial charge in [0, 0.05) is 28.6 Å². The molecule has 4 rings (SSSR count). The molecule has 0 aliphatic carbocycles. The van der Waals surface area contributed by atoms with Crippen LogP contribution in [-0.4, -0.2) is 23.6 Å². The van der Waals surface area contributed by atoms with E-state index in [4.69, 9.17) is 11.6 Å².